The SMILES string of the molecule is CN(CCCNC1CC1)S(=O)(=O)NC1CCCOC1. The van der Waals surface area contributed by atoms with Crippen LogP contribution >= 0.6 is 0 Å². The van der Waals surface area contributed by atoms with Crippen LogP contribution < -0.4 is 10.0 Å². The van der Waals surface area contributed by atoms with Crippen LogP contribution in [0.2, 0.25) is 0 Å². The Hall–Kier alpha value is -0.210. The Morgan fingerprint density at radius 2 is 2.05 bits per heavy atom. The van der Waals surface area contributed by atoms with Crippen molar-refractivity contribution in [3.8, 4) is 0 Å². The fourth-order valence-corrected chi connectivity index (χ4v) is 3.31. The Bertz CT molecular complexity index is 364. The van der Waals surface area contributed by atoms with Crippen LogP contribution in [-0.4, -0.2) is 58.2 Å². The molecule has 0 amide bonds. The van der Waals surface area contributed by atoms with E-state index in [1.165, 1.54) is 17.1 Å². The fourth-order valence-electron chi connectivity index (χ4n) is 2.15. The molecule has 2 N–H and O–H groups in total. The lowest BCUT2D eigenvalue weighted by atomic mass is 10.1. The smallest absolute Gasteiger partial charge is 0.279 e. The van der Waals surface area contributed by atoms with Crippen LogP contribution in [0.5, 0.6) is 0 Å². The van der Waals surface area contributed by atoms with E-state index in [9.17, 15) is 8.42 Å². The van der Waals surface area contributed by atoms with Gasteiger partial charge < -0.3 is 10.1 Å². The number of hydrogen-bond acceptors (Lipinski definition) is 4. The topological polar surface area (TPSA) is 70.7 Å². The maximum atomic E-state index is 12.1. The van der Waals surface area contributed by atoms with E-state index in [2.05, 4.69) is 10.0 Å². The number of rotatable bonds is 8. The van der Waals surface area contributed by atoms with Crippen molar-refractivity contribution in [1.82, 2.24) is 14.3 Å². The molecule has 1 heterocycles. The van der Waals surface area contributed by atoms with Gasteiger partial charge in [0.25, 0.3) is 10.2 Å². The monoisotopic (exact) mass is 291 g/mol. The Morgan fingerprint density at radius 3 is 2.68 bits per heavy atom. The normalized spacial score (nSPS) is 24.8. The van der Waals surface area contributed by atoms with Gasteiger partial charge in [-0.3, -0.25) is 0 Å². The molecule has 1 atom stereocenters. The molecule has 7 heteroatoms. The van der Waals surface area contributed by atoms with Gasteiger partial charge in [-0.05, 0) is 38.6 Å². The molecule has 2 fully saturated rings. The van der Waals surface area contributed by atoms with Crippen LogP contribution in [0.4, 0.5) is 0 Å². The molecule has 1 saturated heterocycles. The highest BCUT2D eigenvalue weighted by Crippen LogP contribution is 2.18. The van der Waals surface area contributed by atoms with Crippen molar-refractivity contribution >= 4 is 10.2 Å². The minimum absolute atomic E-state index is 0.0780. The molecule has 1 aliphatic heterocycles. The summed E-state index contributed by atoms with van der Waals surface area (Å²) in [6.45, 7) is 2.65. The van der Waals surface area contributed by atoms with E-state index >= 15 is 0 Å². The van der Waals surface area contributed by atoms with Crippen molar-refractivity contribution in [2.45, 2.75) is 44.2 Å². The Kier molecular flexibility index (Phi) is 5.58. The van der Waals surface area contributed by atoms with Gasteiger partial charge in [-0.2, -0.15) is 17.4 Å². The number of nitrogens with one attached hydrogen (secondary N) is 2. The molecule has 0 spiro atoms. The summed E-state index contributed by atoms with van der Waals surface area (Å²) >= 11 is 0. The summed E-state index contributed by atoms with van der Waals surface area (Å²) in [6.07, 6.45) is 5.14. The lowest BCUT2D eigenvalue weighted by molar-refractivity contribution is 0.0769. The van der Waals surface area contributed by atoms with Crippen molar-refractivity contribution in [3.05, 3.63) is 0 Å². The highest BCUT2D eigenvalue weighted by molar-refractivity contribution is 7.87. The van der Waals surface area contributed by atoms with Crippen molar-refractivity contribution in [2.24, 2.45) is 0 Å². The second-order valence-corrected chi connectivity index (χ2v) is 7.25. The van der Waals surface area contributed by atoms with Crippen LogP contribution in [0.3, 0.4) is 0 Å². The third kappa shape index (κ3) is 5.35. The summed E-state index contributed by atoms with van der Waals surface area (Å²) in [7, 11) is -1.74. The zero-order chi connectivity index (χ0) is 13.7. The lowest BCUT2D eigenvalue weighted by Crippen LogP contribution is -2.47. The summed E-state index contributed by atoms with van der Waals surface area (Å²) in [6, 6.07) is 0.602. The molecule has 6 nitrogen and oxygen atoms in total. The van der Waals surface area contributed by atoms with Crippen LogP contribution in [0, 0.1) is 0 Å². The lowest BCUT2D eigenvalue weighted by Gasteiger charge is -2.26. The largest absolute Gasteiger partial charge is 0.380 e. The van der Waals surface area contributed by atoms with Crippen molar-refractivity contribution in [3.63, 3.8) is 0 Å². The highest BCUT2D eigenvalue weighted by Gasteiger charge is 2.24. The second kappa shape index (κ2) is 6.99. The summed E-state index contributed by atoms with van der Waals surface area (Å²) in [5, 5.41) is 3.38. The van der Waals surface area contributed by atoms with E-state index in [1.807, 2.05) is 0 Å². The molecule has 1 saturated carbocycles. The summed E-state index contributed by atoms with van der Waals surface area (Å²) < 4.78 is 33.5. The highest BCUT2D eigenvalue weighted by atomic mass is 32.2. The van der Waals surface area contributed by atoms with Crippen molar-refractivity contribution in [2.75, 3.05) is 33.4 Å². The Morgan fingerprint density at radius 1 is 1.26 bits per heavy atom. The molecule has 2 aliphatic rings. The molecule has 0 radical (unpaired) electrons. The van der Waals surface area contributed by atoms with Gasteiger partial charge in [0.15, 0.2) is 0 Å². The van der Waals surface area contributed by atoms with Gasteiger partial charge in [0, 0.05) is 32.3 Å². The van der Waals surface area contributed by atoms with Gasteiger partial charge in [-0.1, -0.05) is 0 Å². The second-order valence-electron chi connectivity index (χ2n) is 5.44. The predicted octanol–water partition coefficient (Wildman–Crippen LogP) is 0.0737. The van der Waals surface area contributed by atoms with Crippen LogP contribution in [0.25, 0.3) is 0 Å². The molecule has 0 aromatic rings. The minimum atomic E-state index is -3.37. The first-order valence-electron chi connectivity index (χ1n) is 7.12. The number of nitrogens with zero attached hydrogens (tertiary/aromatic N) is 1. The molecule has 1 aliphatic carbocycles. The van der Waals surface area contributed by atoms with Gasteiger partial charge in [0.05, 0.1) is 6.61 Å². The summed E-state index contributed by atoms with van der Waals surface area (Å²) in [5.74, 6) is 0. The molecular formula is C12H25N3O3S. The summed E-state index contributed by atoms with van der Waals surface area (Å²) in [4.78, 5) is 0. The van der Waals surface area contributed by atoms with Gasteiger partial charge >= 0.3 is 0 Å². The van der Waals surface area contributed by atoms with Crippen LogP contribution in [0.15, 0.2) is 0 Å². The number of ether oxygens (including phenoxy) is 1. The Balaban J connectivity index is 1.67. The average molecular weight is 291 g/mol. The third-order valence-corrected chi connectivity index (χ3v) is 5.18. The van der Waals surface area contributed by atoms with Crippen LogP contribution in [-0.2, 0) is 14.9 Å². The first kappa shape index (κ1) is 15.2. The van der Waals surface area contributed by atoms with Crippen molar-refractivity contribution in [1.29, 1.82) is 0 Å². The maximum absolute atomic E-state index is 12.1. The average Bonchev–Trinajstić information content (AvgIpc) is 3.19. The molecule has 19 heavy (non-hydrogen) atoms. The maximum Gasteiger partial charge on any atom is 0.279 e. The van der Waals surface area contributed by atoms with E-state index in [1.54, 1.807) is 7.05 Å². The Labute approximate surface area is 116 Å². The molecule has 1 unspecified atom stereocenters. The first-order chi connectivity index (χ1) is 9.08. The number of hydrogen-bond donors (Lipinski definition) is 2. The zero-order valence-corrected chi connectivity index (χ0v) is 12.4. The first-order valence-corrected chi connectivity index (χ1v) is 8.56. The minimum Gasteiger partial charge on any atom is -0.380 e. The van der Waals surface area contributed by atoms with Gasteiger partial charge in [0.1, 0.15) is 0 Å². The quantitative estimate of drug-likeness (QED) is 0.621. The fraction of sp³-hybridized carbons (Fsp3) is 1.00. The van der Waals surface area contributed by atoms with E-state index in [0.717, 1.165) is 32.4 Å². The zero-order valence-electron chi connectivity index (χ0n) is 11.6. The third-order valence-electron chi connectivity index (χ3n) is 3.55. The van der Waals surface area contributed by atoms with Crippen LogP contribution in [0.1, 0.15) is 32.1 Å². The molecular weight excluding hydrogens is 266 g/mol. The van der Waals surface area contributed by atoms with Crippen molar-refractivity contribution < 1.29 is 13.2 Å². The summed E-state index contributed by atoms with van der Waals surface area (Å²) in [5.41, 5.74) is 0. The van der Waals surface area contributed by atoms with E-state index in [-0.39, 0.29) is 6.04 Å². The van der Waals surface area contributed by atoms with Gasteiger partial charge in [-0.15, -0.1) is 0 Å². The predicted molar refractivity (Wildman–Crippen MR) is 74.2 cm³/mol. The standard InChI is InChI=1S/C12H25N3O3S/c1-15(8-3-7-13-11-5-6-11)19(16,17)14-12-4-2-9-18-10-12/h11-14H,2-10H2,1H3. The molecule has 0 aromatic heterocycles. The van der Waals surface area contributed by atoms with E-state index in [4.69, 9.17) is 4.74 Å². The molecule has 0 aromatic carbocycles. The van der Waals surface area contributed by atoms with E-state index < -0.39 is 10.2 Å². The van der Waals surface area contributed by atoms with Gasteiger partial charge in [0.2, 0.25) is 0 Å². The molecule has 112 valence electrons. The van der Waals surface area contributed by atoms with Gasteiger partial charge in [-0.25, -0.2) is 0 Å². The van der Waals surface area contributed by atoms with E-state index in [0.29, 0.717) is 19.2 Å². The molecule has 2 rings (SSSR count). The molecule has 0 bridgehead atoms.